The number of hydrogen-bond acceptors (Lipinski definition) is 0. The average Bonchev–Trinajstić information content (AvgIpc) is 2.24. The van der Waals surface area contributed by atoms with Gasteiger partial charge in [-0.2, -0.15) is 13.2 Å². The second-order valence-electron chi connectivity index (χ2n) is 4.53. The molecule has 0 bridgehead atoms. The van der Waals surface area contributed by atoms with Gasteiger partial charge in [0.1, 0.15) is 0 Å². The molecular weight excluding hydrogens is 244 g/mol. The van der Waals surface area contributed by atoms with E-state index in [1.165, 1.54) is 44.9 Å². The molecular formula is C13H25F3P. The smallest absolute Gasteiger partial charge is 0.167 e. The molecule has 0 aromatic carbocycles. The van der Waals surface area contributed by atoms with Crippen LogP contribution in [0.3, 0.4) is 0 Å². The van der Waals surface area contributed by atoms with Crippen LogP contribution in [0.5, 0.6) is 0 Å². The first kappa shape index (κ1) is 17.2. The van der Waals surface area contributed by atoms with Crippen LogP contribution in [-0.2, 0) is 0 Å². The number of hydrogen-bond donors (Lipinski definition) is 0. The van der Waals surface area contributed by atoms with Crippen LogP contribution in [0, 0.1) is 0 Å². The predicted molar refractivity (Wildman–Crippen MR) is 69.7 cm³/mol. The van der Waals surface area contributed by atoms with Gasteiger partial charge < -0.3 is 0 Å². The van der Waals surface area contributed by atoms with Gasteiger partial charge in [0.25, 0.3) is 0 Å². The number of halogens is 3. The van der Waals surface area contributed by atoms with E-state index in [4.69, 9.17) is 0 Å². The van der Waals surface area contributed by atoms with Gasteiger partial charge in [-0.1, -0.05) is 64.7 Å². The Morgan fingerprint density at radius 1 is 0.706 bits per heavy atom. The van der Waals surface area contributed by atoms with Gasteiger partial charge in [0.15, 0.2) is 0 Å². The highest BCUT2D eigenvalue weighted by molar-refractivity contribution is 7.39. The van der Waals surface area contributed by atoms with E-state index >= 15 is 0 Å². The van der Waals surface area contributed by atoms with Gasteiger partial charge in [-0.25, -0.2) is 0 Å². The Balaban J connectivity index is 2.99. The van der Waals surface area contributed by atoms with Crippen LogP contribution in [0.25, 0.3) is 0 Å². The third kappa shape index (κ3) is 16.2. The van der Waals surface area contributed by atoms with E-state index in [-0.39, 0.29) is 14.7 Å². The lowest BCUT2D eigenvalue weighted by atomic mass is 10.1. The normalized spacial score (nSPS) is 12.7. The van der Waals surface area contributed by atoms with Crippen LogP contribution >= 0.6 is 8.58 Å². The van der Waals surface area contributed by atoms with Crippen LogP contribution in [0.1, 0.15) is 71.1 Å². The minimum Gasteiger partial charge on any atom is -0.167 e. The quantitative estimate of drug-likeness (QED) is 0.302. The fourth-order valence-electron chi connectivity index (χ4n) is 1.81. The van der Waals surface area contributed by atoms with Crippen molar-refractivity contribution in [1.82, 2.24) is 0 Å². The van der Waals surface area contributed by atoms with Gasteiger partial charge >= 0.3 is 5.92 Å². The Morgan fingerprint density at radius 3 is 1.53 bits per heavy atom. The first-order chi connectivity index (χ1) is 8.06. The molecule has 4 heteroatoms. The number of alkyl halides is 3. The van der Waals surface area contributed by atoms with Crippen molar-refractivity contribution in [2.24, 2.45) is 0 Å². The van der Waals surface area contributed by atoms with Gasteiger partial charge in [0.05, 0.1) is 0 Å². The van der Waals surface area contributed by atoms with Crippen molar-refractivity contribution < 1.29 is 13.2 Å². The zero-order valence-electron chi connectivity index (χ0n) is 10.9. The Hall–Kier alpha value is 0.220. The van der Waals surface area contributed by atoms with Gasteiger partial charge in [-0.3, -0.25) is 0 Å². The van der Waals surface area contributed by atoms with Gasteiger partial charge in [0.2, 0.25) is 0 Å². The molecule has 0 N–H and O–H groups in total. The van der Waals surface area contributed by atoms with Crippen LogP contribution in [0.15, 0.2) is 0 Å². The van der Waals surface area contributed by atoms with Crippen molar-refractivity contribution in [2.75, 3.05) is 6.16 Å². The van der Waals surface area contributed by atoms with Crippen molar-refractivity contribution >= 4 is 8.58 Å². The monoisotopic (exact) mass is 269 g/mol. The Morgan fingerprint density at radius 2 is 1.12 bits per heavy atom. The summed E-state index contributed by atoms with van der Waals surface area (Å²) in [5.74, 6) is -3.99. The summed E-state index contributed by atoms with van der Waals surface area (Å²) < 4.78 is 35.5. The van der Waals surface area contributed by atoms with E-state index in [0.29, 0.717) is 0 Å². The molecule has 0 amide bonds. The minimum atomic E-state index is -3.99. The Bertz CT molecular complexity index is 157. The highest BCUT2D eigenvalue weighted by Crippen LogP contribution is 2.36. The van der Waals surface area contributed by atoms with Crippen LogP contribution in [-0.4, -0.2) is 12.1 Å². The van der Waals surface area contributed by atoms with E-state index in [9.17, 15) is 13.2 Å². The molecule has 0 aromatic rings. The molecule has 0 nitrogen and oxygen atoms in total. The first-order valence-corrected chi connectivity index (χ1v) is 7.89. The molecule has 0 aliphatic carbocycles. The summed E-state index contributed by atoms with van der Waals surface area (Å²) >= 11 is 0. The summed E-state index contributed by atoms with van der Waals surface area (Å²) in [5, 5.41) is 0. The first-order valence-electron chi connectivity index (χ1n) is 6.81. The molecule has 0 atom stereocenters. The molecule has 0 heterocycles. The molecule has 0 aliphatic rings. The van der Waals surface area contributed by atoms with Crippen molar-refractivity contribution in [2.45, 2.75) is 77.0 Å². The average molecular weight is 269 g/mol. The zero-order chi connectivity index (χ0) is 13.0. The third-order valence-electron chi connectivity index (χ3n) is 2.80. The maximum absolute atomic E-state index is 11.8. The highest BCUT2D eigenvalue weighted by atomic mass is 31.1. The molecule has 0 saturated heterocycles. The molecule has 1 radical (unpaired) electrons. The molecule has 0 rings (SSSR count). The standard InChI is InChI=1S/C13H25F3P/c1-2-3-4-5-6-7-8-9-10-11-12-17-13(14,15)16/h2-12H2,1H3. The van der Waals surface area contributed by atoms with E-state index < -0.39 is 5.92 Å². The molecule has 0 saturated carbocycles. The third-order valence-corrected chi connectivity index (χ3v) is 3.70. The summed E-state index contributed by atoms with van der Waals surface area (Å²) in [6.45, 7) is 2.21. The molecule has 0 spiro atoms. The maximum Gasteiger partial charge on any atom is 0.409 e. The molecule has 0 fully saturated rings. The lowest BCUT2D eigenvalue weighted by Crippen LogP contribution is -1.98. The molecule has 0 aromatic heterocycles. The largest absolute Gasteiger partial charge is 0.409 e. The minimum absolute atomic E-state index is 0.278. The number of rotatable bonds is 11. The highest BCUT2D eigenvalue weighted by Gasteiger charge is 2.26. The van der Waals surface area contributed by atoms with Crippen LogP contribution < -0.4 is 0 Å². The van der Waals surface area contributed by atoms with E-state index in [1.54, 1.807) is 0 Å². The maximum atomic E-state index is 11.8. The number of unbranched alkanes of at least 4 members (excludes halogenated alkanes) is 9. The summed E-state index contributed by atoms with van der Waals surface area (Å²) in [6, 6.07) is 0. The van der Waals surface area contributed by atoms with Crippen LogP contribution in [0.4, 0.5) is 13.2 Å². The molecule has 103 valence electrons. The molecule has 17 heavy (non-hydrogen) atoms. The lowest BCUT2D eigenvalue weighted by Gasteiger charge is -2.04. The fourth-order valence-corrected chi connectivity index (χ4v) is 2.44. The van der Waals surface area contributed by atoms with Gasteiger partial charge in [-0.15, -0.1) is 0 Å². The fraction of sp³-hybridized carbons (Fsp3) is 1.00. The van der Waals surface area contributed by atoms with Gasteiger partial charge in [-0.05, 0) is 12.6 Å². The van der Waals surface area contributed by atoms with Crippen molar-refractivity contribution in [1.29, 1.82) is 0 Å². The summed E-state index contributed by atoms with van der Waals surface area (Å²) in [6.07, 6.45) is 12.0. The lowest BCUT2D eigenvalue weighted by molar-refractivity contribution is -0.0371. The van der Waals surface area contributed by atoms with E-state index in [1.807, 2.05) is 0 Å². The van der Waals surface area contributed by atoms with Crippen molar-refractivity contribution in [3.05, 3.63) is 0 Å². The van der Waals surface area contributed by atoms with E-state index in [0.717, 1.165) is 19.3 Å². The van der Waals surface area contributed by atoms with Crippen molar-refractivity contribution in [3.63, 3.8) is 0 Å². The van der Waals surface area contributed by atoms with E-state index in [2.05, 4.69) is 6.92 Å². The summed E-state index contributed by atoms with van der Waals surface area (Å²) in [5.41, 5.74) is 0. The second kappa shape index (κ2) is 11.3. The Labute approximate surface area is 106 Å². The van der Waals surface area contributed by atoms with Gasteiger partial charge in [0, 0.05) is 8.58 Å². The summed E-state index contributed by atoms with van der Waals surface area (Å²) in [4.78, 5) is 0. The summed E-state index contributed by atoms with van der Waals surface area (Å²) in [7, 11) is -0.368. The SMILES string of the molecule is CCCCCCCCCCCC[P]C(F)(F)F. The van der Waals surface area contributed by atoms with Crippen LogP contribution in [0.2, 0.25) is 0 Å². The zero-order valence-corrected chi connectivity index (χ0v) is 11.8. The Kier molecular flexibility index (Phi) is 11.5. The second-order valence-corrected chi connectivity index (χ2v) is 5.80. The van der Waals surface area contributed by atoms with Crippen molar-refractivity contribution in [3.8, 4) is 0 Å². The molecule has 0 aliphatic heterocycles. The predicted octanol–water partition coefficient (Wildman–Crippen LogP) is 6.37. The topological polar surface area (TPSA) is 0 Å². The molecule has 0 unspecified atom stereocenters.